The van der Waals surface area contributed by atoms with E-state index in [2.05, 4.69) is 15.5 Å². The molecule has 152 valence electrons. The van der Waals surface area contributed by atoms with E-state index in [0.29, 0.717) is 25.3 Å². The van der Waals surface area contributed by atoms with Gasteiger partial charge in [0.2, 0.25) is 11.1 Å². The Hall–Kier alpha value is -1.19. The molecule has 3 rings (SSSR count). The summed E-state index contributed by atoms with van der Waals surface area (Å²) in [5.74, 6) is 1.01. The minimum Gasteiger partial charge on any atom is -0.390 e. The SMILES string of the molecule is CN(C(=O)CCCSc1nnnn1C1CCC(O)C(O)C1)C1CCCCC1. The Balaban J connectivity index is 1.42. The Bertz CT molecular complexity index is 608. The molecule has 0 spiro atoms. The average Bonchev–Trinajstić information content (AvgIpc) is 3.16. The monoisotopic (exact) mass is 397 g/mol. The molecule has 2 aliphatic rings. The second-order valence-electron chi connectivity index (χ2n) is 7.76. The molecule has 9 heteroatoms. The maximum Gasteiger partial charge on any atom is 0.222 e. The van der Waals surface area contributed by atoms with Crippen LogP contribution in [-0.4, -0.2) is 72.3 Å². The second kappa shape index (κ2) is 9.84. The molecule has 0 aliphatic heterocycles. The number of rotatable bonds is 7. The van der Waals surface area contributed by atoms with Crippen molar-refractivity contribution < 1.29 is 15.0 Å². The van der Waals surface area contributed by atoms with E-state index in [4.69, 9.17) is 0 Å². The number of thioether (sulfide) groups is 1. The molecule has 2 N–H and O–H groups in total. The van der Waals surface area contributed by atoms with Crippen LogP contribution in [0.4, 0.5) is 0 Å². The lowest BCUT2D eigenvalue weighted by Gasteiger charge is -2.31. The van der Waals surface area contributed by atoms with Crippen molar-refractivity contribution in [2.45, 2.75) is 93.7 Å². The lowest BCUT2D eigenvalue weighted by atomic mass is 9.91. The van der Waals surface area contributed by atoms with Crippen LogP contribution < -0.4 is 0 Å². The molecule has 1 aromatic heterocycles. The molecule has 27 heavy (non-hydrogen) atoms. The number of aliphatic hydroxyl groups excluding tert-OH is 2. The predicted molar refractivity (Wildman–Crippen MR) is 102 cm³/mol. The Morgan fingerprint density at radius 2 is 1.96 bits per heavy atom. The van der Waals surface area contributed by atoms with Crippen LogP contribution >= 0.6 is 11.8 Å². The maximum absolute atomic E-state index is 12.4. The van der Waals surface area contributed by atoms with Crippen molar-refractivity contribution in [3.8, 4) is 0 Å². The van der Waals surface area contributed by atoms with Crippen molar-refractivity contribution in [3.63, 3.8) is 0 Å². The van der Waals surface area contributed by atoms with Crippen molar-refractivity contribution in [2.75, 3.05) is 12.8 Å². The zero-order chi connectivity index (χ0) is 19.2. The molecule has 0 bridgehead atoms. The fraction of sp³-hybridized carbons (Fsp3) is 0.889. The Labute approximate surface area is 164 Å². The van der Waals surface area contributed by atoms with Gasteiger partial charge >= 0.3 is 0 Å². The van der Waals surface area contributed by atoms with Gasteiger partial charge < -0.3 is 15.1 Å². The first-order chi connectivity index (χ1) is 13.1. The maximum atomic E-state index is 12.4. The Morgan fingerprint density at radius 1 is 1.19 bits per heavy atom. The zero-order valence-electron chi connectivity index (χ0n) is 16.0. The Kier molecular flexibility index (Phi) is 7.49. The van der Waals surface area contributed by atoms with Gasteiger partial charge in [-0.15, -0.1) is 5.10 Å². The van der Waals surface area contributed by atoms with Gasteiger partial charge in [-0.2, -0.15) is 0 Å². The number of carbonyl (C=O) groups excluding carboxylic acids is 1. The lowest BCUT2D eigenvalue weighted by molar-refractivity contribution is -0.132. The highest BCUT2D eigenvalue weighted by atomic mass is 32.2. The molecule has 0 radical (unpaired) electrons. The third-order valence-corrected chi connectivity index (χ3v) is 6.86. The van der Waals surface area contributed by atoms with Gasteiger partial charge in [-0.3, -0.25) is 4.79 Å². The first kappa shape index (κ1) is 20.5. The van der Waals surface area contributed by atoms with E-state index in [1.807, 2.05) is 11.9 Å². The third kappa shape index (κ3) is 5.42. The number of amides is 1. The van der Waals surface area contributed by atoms with E-state index in [1.54, 1.807) is 16.4 Å². The van der Waals surface area contributed by atoms with Gasteiger partial charge in [-0.05, 0) is 49.0 Å². The number of carbonyl (C=O) groups is 1. The molecule has 1 aromatic rings. The van der Waals surface area contributed by atoms with Gasteiger partial charge in [-0.1, -0.05) is 31.0 Å². The third-order valence-electron chi connectivity index (χ3n) is 5.84. The van der Waals surface area contributed by atoms with Gasteiger partial charge in [0, 0.05) is 25.3 Å². The van der Waals surface area contributed by atoms with Gasteiger partial charge in [0.25, 0.3) is 0 Å². The molecule has 2 saturated carbocycles. The molecule has 3 unspecified atom stereocenters. The predicted octanol–water partition coefficient (Wildman–Crippen LogP) is 1.78. The van der Waals surface area contributed by atoms with Gasteiger partial charge in [-0.25, -0.2) is 4.68 Å². The van der Waals surface area contributed by atoms with Crippen LogP contribution in [0.3, 0.4) is 0 Å². The van der Waals surface area contributed by atoms with E-state index < -0.39 is 12.2 Å². The zero-order valence-corrected chi connectivity index (χ0v) is 16.9. The summed E-state index contributed by atoms with van der Waals surface area (Å²) < 4.78 is 1.76. The molecule has 1 amide bonds. The lowest BCUT2D eigenvalue weighted by Crippen LogP contribution is -2.38. The van der Waals surface area contributed by atoms with Gasteiger partial charge in [0.1, 0.15) is 0 Å². The quantitative estimate of drug-likeness (QED) is 0.534. The number of tetrazole rings is 1. The molecule has 8 nitrogen and oxygen atoms in total. The highest BCUT2D eigenvalue weighted by Crippen LogP contribution is 2.31. The average molecular weight is 398 g/mol. The van der Waals surface area contributed by atoms with Crippen molar-refractivity contribution in [1.29, 1.82) is 0 Å². The van der Waals surface area contributed by atoms with Crippen LogP contribution in [0.15, 0.2) is 5.16 Å². The highest BCUT2D eigenvalue weighted by Gasteiger charge is 2.30. The summed E-state index contributed by atoms with van der Waals surface area (Å²) in [6, 6.07) is 0.430. The molecule has 0 aromatic carbocycles. The standard InChI is InChI=1S/C18H31N5O3S/c1-22(13-6-3-2-4-7-13)17(26)8-5-11-27-18-19-20-21-23(18)14-9-10-15(24)16(25)12-14/h13-16,24-25H,2-12H2,1H3. The summed E-state index contributed by atoms with van der Waals surface area (Å²) in [5, 5.41) is 32.2. The van der Waals surface area contributed by atoms with Gasteiger partial charge in [0.05, 0.1) is 18.2 Å². The number of hydrogen-bond donors (Lipinski definition) is 2. The van der Waals surface area contributed by atoms with Crippen molar-refractivity contribution >= 4 is 17.7 Å². The molecule has 0 saturated heterocycles. The van der Waals surface area contributed by atoms with Crippen molar-refractivity contribution in [3.05, 3.63) is 0 Å². The van der Waals surface area contributed by atoms with Crippen LogP contribution in [0, 0.1) is 0 Å². The number of nitrogens with zero attached hydrogens (tertiary/aromatic N) is 5. The second-order valence-corrected chi connectivity index (χ2v) is 8.82. The number of hydrogen-bond acceptors (Lipinski definition) is 7. The first-order valence-electron chi connectivity index (χ1n) is 10.1. The van der Waals surface area contributed by atoms with E-state index in [0.717, 1.165) is 36.6 Å². The van der Waals surface area contributed by atoms with Crippen molar-refractivity contribution in [2.24, 2.45) is 0 Å². The minimum atomic E-state index is -0.723. The molecular formula is C18H31N5O3S. The smallest absolute Gasteiger partial charge is 0.222 e. The molecule has 3 atom stereocenters. The normalized spacial score (nSPS) is 26.9. The van der Waals surface area contributed by atoms with Crippen LogP contribution in [0.5, 0.6) is 0 Å². The summed E-state index contributed by atoms with van der Waals surface area (Å²) in [7, 11) is 1.94. The first-order valence-corrected chi connectivity index (χ1v) is 11.1. The summed E-state index contributed by atoms with van der Waals surface area (Å²) in [6.45, 7) is 0. The highest BCUT2D eigenvalue weighted by molar-refractivity contribution is 7.99. The summed E-state index contributed by atoms with van der Waals surface area (Å²) >= 11 is 1.55. The molecular weight excluding hydrogens is 366 g/mol. The molecule has 1 heterocycles. The minimum absolute atomic E-state index is 0.0139. The number of aliphatic hydroxyl groups is 2. The van der Waals surface area contributed by atoms with Crippen LogP contribution in [0.1, 0.15) is 70.3 Å². The van der Waals surface area contributed by atoms with E-state index in [9.17, 15) is 15.0 Å². The summed E-state index contributed by atoms with van der Waals surface area (Å²) in [6.07, 6.45) is 7.75. The molecule has 2 aliphatic carbocycles. The Morgan fingerprint density at radius 3 is 2.70 bits per heavy atom. The fourth-order valence-corrected chi connectivity index (χ4v) is 4.96. The summed E-state index contributed by atoms with van der Waals surface area (Å²) in [5.41, 5.74) is 0. The number of aromatic nitrogens is 4. The van der Waals surface area contributed by atoms with Crippen LogP contribution in [-0.2, 0) is 4.79 Å². The van der Waals surface area contributed by atoms with E-state index in [1.165, 1.54) is 19.3 Å². The van der Waals surface area contributed by atoms with Crippen LogP contribution in [0.2, 0.25) is 0 Å². The molecule has 2 fully saturated rings. The van der Waals surface area contributed by atoms with Crippen molar-refractivity contribution in [1.82, 2.24) is 25.1 Å². The van der Waals surface area contributed by atoms with Crippen LogP contribution in [0.25, 0.3) is 0 Å². The van der Waals surface area contributed by atoms with Gasteiger partial charge in [0.15, 0.2) is 0 Å². The fourth-order valence-electron chi connectivity index (χ4n) is 4.08. The summed E-state index contributed by atoms with van der Waals surface area (Å²) in [4.78, 5) is 14.4. The van der Waals surface area contributed by atoms with E-state index in [-0.39, 0.29) is 11.9 Å². The topological polar surface area (TPSA) is 104 Å². The van der Waals surface area contributed by atoms with E-state index >= 15 is 0 Å². The largest absolute Gasteiger partial charge is 0.390 e.